The summed E-state index contributed by atoms with van der Waals surface area (Å²) in [4.78, 5) is 31.0. The number of halogens is 1. The molecule has 0 aliphatic carbocycles. The maximum atomic E-state index is 12.4. The molecule has 2 aromatic rings. The van der Waals surface area contributed by atoms with Crippen LogP contribution in [0.5, 0.6) is 0 Å². The van der Waals surface area contributed by atoms with E-state index < -0.39 is 0 Å². The molecule has 0 radical (unpaired) electrons. The van der Waals surface area contributed by atoms with Gasteiger partial charge in [0.1, 0.15) is 0 Å². The molecule has 4 N–H and O–H groups in total. The van der Waals surface area contributed by atoms with Gasteiger partial charge in [0.15, 0.2) is 5.96 Å². The van der Waals surface area contributed by atoms with E-state index in [1.807, 2.05) is 18.2 Å². The van der Waals surface area contributed by atoms with Crippen molar-refractivity contribution in [2.45, 2.75) is 13.0 Å². The normalized spacial score (nSPS) is 14.2. The fraction of sp³-hybridized carbons (Fsp3) is 0.316. The summed E-state index contributed by atoms with van der Waals surface area (Å²) >= 11 is 1.72. The number of piperazine rings is 1. The van der Waals surface area contributed by atoms with Crippen molar-refractivity contribution in [1.29, 1.82) is 0 Å². The zero-order valence-electron chi connectivity index (χ0n) is 15.4. The van der Waals surface area contributed by atoms with E-state index in [9.17, 15) is 9.59 Å². The Morgan fingerprint density at radius 1 is 1.29 bits per heavy atom. The highest BCUT2D eigenvalue weighted by atomic mass is 127. The van der Waals surface area contributed by atoms with Crippen LogP contribution >= 0.6 is 35.3 Å². The van der Waals surface area contributed by atoms with Crippen LogP contribution < -0.4 is 16.4 Å². The van der Waals surface area contributed by atoms with E-state index in [2.05, 4.69) is 27.1 Å². The average Bonchev–Trinajstić information content (AvgIpc) is 3.20. The molecular formula is C19H24IN5O2S. The Kier molecular flexibility index (Phi) is 8.71. The summed E-state index contributed by atoms with van der Waals surface area (Å²) in [6, 6.07) is 11.4. The summed E-state index contributed by atoms with van der Waals surface area (Å²) in [6.45, 7) is 2.32. The molecule has 1 saturated heterocycles. The third kappa shape index (κ3) is 6.48. The number of amides is 2. The summed E-state index contributed by atoms with van der Waals surface area (Å²) in [6.07, 6.45) is 0.916. The first-order chi connectivity index (χ1) is 13.1. The van der Waals surface area contributed by atoms with Crippen LogP contribution in [0.3, 0.4) is 0 Å². The molecule has 1 aromatic carbocycles. The molecule has 9 heteroatoms. The highest BCUT2D eigenvalue weighted by Crippen LogP contribution is 2.10. The van der Waals surface area contributed by atoms with Gasteiger partial charge in [0.2, 0.25) is 5.91 Å². The Morgan fingerprint density at radius 3 is 2.75 bits per heavy atom. The molecular weight excluding hydrogens is 489 g/mol. The Hall–Kier alpha value is -2.14. The number of nitrogens with zero attached hydrogens (tertiary/aromatic N) is 2. The molecule has 1 aliphatic rings. The maximum Gasteiger partial charge on any atom is 0.254 e. The summed E-state index contributed by atoms with van der Waals surface area (Å²) in [5, 5.41) is 7.87. The molecule has 1 aliphatic heterocycles. The van der Waals surface area contributed by atoms with Crippen molar-refractivity contribution in [2.75, 3.05) is 26.2 Å². The zero-order chi connectivity index (χ0) is 19.1. The number of nitrogens with one attached hydrogen (secondary N) is 2. The fourth-order valence-corrected chi connectivity index (χ4v) is 3.46. The zero-order valence-corrected chi connectivity index (χ0v) is 18.5. The van der Waals surface area contributed by atoms with Crippen LogP contribution in [0.4, 0.5) is 0 Å². The largest absolute Gasteiger partial charge is 0.370 e. The van der Waals surface area contributed by atoms with Gasteiger partial charge in [-0.2, -0.15) is 0 Å². The Balaban J connectivity index is 0.00000280. The number of nitrogens with two attached hydrogens (primary N) is 1. The number of hydrogen-bond acceptors (Lipinski definition) is 4. The first-order valence-electron chi connectivity index (χ1n) is 8.83. The molecule has 0 unspecified atom stereocenters. The Labute approximate surface area is 185 Å². The van der Waals surface area contributed by atoms with Gasteiger partial charge in [-0.15, -0.1) is 35.3 Å². The van der Waals surface area contributed by atoms with E-state index in [4.69, 9.17) is 5.73 Å². The molecule has 7 nitrogen and oxygen atoms in total. The molecule has 0 bridgehead atoms. The highest BCUT2D eigenvalue weighted by molar-refractivity contribution is 14.0. The molecule has 2 heterocycles. The SMILES string of the molecule is I.NC(=NCc1ccc(C(=O)N2CCNC(=O)C2)cc1)NCCc1cccs1. The Morgan fingerprint density at radius 2 is 2.07 bits per heavy atom. The molecule has 0 saturated carbocycles. The van der Waals surface area contributed by atoms with Crippen molar-refractivity contribution in [3.8, 4) is 0 Å². The van der Waals surface area contributed by atoms with Gasteiger partial charge in [0, 0.05) is 30.1 Å². The second-order valence-corrected chi connectivity index (χ2v) is 7.26. The van der Waals surface area contributed by atoms with E-state index in [-0.39, 0.29) is 42.3 Å². The topological polar surface area (TPSA) is 99.8 Å². The van der Waals surface area contributed by atoms with Gasteiger partial charge in [-0.25, -0.2) is 4.99 Å². The third-order valence-corrected chi connectivity index (χ3v) is 5.15. The van der Waals surface area contributed by atoms with Crippen molar-refractivity contribution in [3.63, 3.8) is 0 Å². The summed E-state index contributed by atoms with van der Waals surface area (Å²) in [5.41, 5.74) is 7.43. The van der Waals surface area contributed by atoms with E-state index in [1.54, 1.807) is 28.4 Å². The lowest BCUT2D eigenvalue weighted by Gasteiger charge is -2.26. The number of benzene rings is 1. The van der Waals surface area contributed by atoms with Crippen LogP contribution in [0.15, 0.2) is 46.8 Å². The minimum atomic E-state index is -0.130. The molecule has 28 heavy (non-hydrogen) atoms. The van der Waals surface area contributed by atoms with Gasteiger partial charge >= 0.3 is 0 Å². The Bertz CT molecular complexity index is 808. The number of rotatable bonds is 6. The van der Waals surface area contributed by atoms with Crippen molar-refractivity contribution in [3.05, 3.63) is 57.8 Å². The quantitative estimate of drug-likeness (QED) is 0.311. The summed E-state index contributed by atoms with van der Waals surface area (Å²) in [7, 11) is 0. The van der Waals surface area contributed by atoms with Crippen molar-refractivity contribution in [2.24, 2.45) is 10.7 Å². The van der Waals surface area contributed by atoms with Crippen LogP contribution in [-0.2, 0) is 17.8 Å². The number of carbonyl (C=O) groups is 2. The van der Waals surface area contributed by atoms with Crippen LogP contribution in [-0.4, -0.2) is 48.9 Å². The van der Waals surface area contributed by atoms with E-state index >= 15 is 0 Å². The van der Waals surface area contributed by atoms with Crippen LogP contribution in [0.25, 0.3) is 0 Å². The van der Waals surface area contributed by atoms with Crippen LogP contribution in [0, 0.1) is 0 Å². The second-order valence-electron chi connectivity index (χ2n) is 6.23. The monoisotopic (exact) mass is 513 g/mol. The first-order valence-corrected chi connectivity index (χ1v) is 9.71. The predicted octanol–water partition coefficient (Wildman–Crippen LogP) is 1.59. The van der Waals surface area contributed by atoms with Crippen molar-refractivity contribution < 1.29 is 9.59 Å². The molecule has 150 valence electrons. The lowest BCUT2D eigenvalue weighted by atomic mass is 10.1. The number of thiophene rings is 1. The maximum absolute atomic E-state index is 12.4. The molecule has 1 aromatic heterocycles. The summed E-state index contributed by atoms with van der Waals surface area (Å²) < 4.78 is 0. The smallest absolute Gasteiger partial charge is 0.254 e. The molecule has 2 amide bonds. The predicted molar refractivity (Wildman–Crippen MR) is 122 cm³/mol. The van der Waals surface area contributed by atoms with Gasteiger partial charge in [-0.1, -0.05) is 18.2 Å². The molecule has 0 spiro atoms. The highest BCUT2D eigenvalue weighted by Gasteiger charge is 2.21. The fourth-order valence-electron chi connectivity index (χ4n) is 2.75. The standard InChI is InChI=1S/C19H23N5O2S.HI/c20-19(22-8-7-16-2-1-11-27-16)23-12-14-3-5-15(6-4-14)18(26)24-10-9-21-17(25)13-24;/h1-6,11H,7-10,12-13H2,(H,21,25)(H3,20,22,23);1H. The first kappa shape index (κ1) is 22.2. The minimum absolute atomic E-state index is 0. The average molecular weight is 513 g/mol. The second kappa shape index (κ2) is 11.0. The van der Waals surface area contributed by atoms with Gasteiger partial charge in [-0.3, -0.25) is 9.59 Å². The number of carbonyl (C=O) groups excluding carboxylic acids is 2. The van der Waals surface area contributed by atoms with Crippen molar-refractivity contribution in [1.82, 2.24) is 15.5 Å². The number of hydrogen-bond donors (Lipinski definition) is 3. The molecule has 0 atom stereocenters. The summed E-state index contributed by atoms with van der Waals surface area (Å²) in [5.74, 6) is 0.156. The third-order valence-electron chi connectivity index (χ3n) is 4.22. The van der Waals surface area contributed by atoms with Gasteiger partial charge in [0.05, 0.1) is 13.1 Å². The van der Waals surface area contributed by atoms with Crippen LogP contribution in [0.1, 0.15) is 20.8 Å². The number of aliphatic imine (C=N–C) groups is 1. The van der Waals surface area contributed by atoms with Crippen LogP contribution in [0.2, 0.25) is 0 Å². The molecule has 3 rings (SSSR count). The van der Waals surface area contributed by atoms with Gasteiger partial charge < -0.3 is 21.3 Å². The van der Waals surface area contributed by atoms with Gasteiger partial charge in [-0.05, 0) is 35.6 Å². The van der Waals surface area contributed by atoms with Gasteiger partial charge in [0.25, 0.3) is 5.91 Å². The number of guanidine groups is 1. The molecule has 1 fully saturated rings. The minimum Gasteiger partial charge on any atom is -0.370 e. The van der Waals surface area contributed by atoms with E-state index in [0.29, 0.717) is 31.2 Å². The lowest BCUT2D eigenvalue weighted by Crippen LogP contribution is -2.49. The van der Waals surface area contributed by atoms with Crippen molar-refractivity contribution >= 4 is 53.1 Å². The van der Waals surface area contributed by atoms with E-state index in [0.717, 1.165) is 18.5 Å². The lowest BCUT2D eigenvalue weighted by molar-refractivity contribution is -0.123. The van der Waals surface area contributed by atoms with E-state index in [1.165, 1.54) is 4.88 Å².